The van der Waals surface area contributed by atoms with Crippen molar-refractivity contribution in [1.82, 2.24) is 20.5 Å². The Balaban J connectivity index is 0.000000421. The minimum atomic E-state index is -5.08. The first-order valence-corrected chi connectivity index (χ1v) is 12.5. The van der Waals surface area contributed by atoms with Gasteiger partial charge in [0.05, 0.1) is 24.7 Å². The van der Waals surface area contributed by atoms with E-state index in [1.54, 1.807) is 6.20 Å². The number of hydrogen-bond acceptors (Lipinski definition) is 7. The smallest absolute Gasteiger partial charge is 0.475 e. The zero-order valence-corrected chi connectivity index (χ0v) is 22.7. The van der Waals surface area contributed by atoms with Crippen LogP contribution in [0.2, 0.25) is 0 Å². The number of carbonyl (C=O) groups excluding carboxylic acids is 2. The highest BCUT2D eigenvalue weighted by Gasteiger charge is 2.50. The number of benzene rings is 1. The second kappa shape index (κ2) is 14.9. The van der Waals surface area contributed by atoms with Crippen LogP contribution in [0, 0.1) is 17.5 Å². The van der Waals surface area contributed by atoms with Crippen molar-refractivity contribution >= 4 is 29.4 Å². The van der Waals surface area contributed by atoms with Crippen molar-refractivity contribution in [2.24, 2.45) is 0 Å². The minimum absolute atomic E-state index is 0.0541. The molecule has 0 atom stereocenters. The van der Waals surface area contributed by atoms with Gasteiger partial charge in [0.25, 0.3) is 5.91 Å². The number of carbonyl (C=O) groups is 4. The molecule has 1 aromatic heterocycles. The van der Waals surface area contributed by atoms with E-state index in [-0.39, 0.29) is 11.5 Å². The van der Waals surface area contributed by atoms with E-state index in [1.807, 2.05) is 4.90 Å². The predicted octanol–water partition coefficient (Wildman–Crippen LogP) is 2.92. The topological polar surface area (TPSA) is 152 Å². The number of pyridine rings is 1. The minimum Gasteiger partial charge on any atom is -0.475 e. The van der Waals surface area contributed by atoms with Crippen LogP contribution in [-0.4, -0.2) is 94.6 Å². The van der Waals surface area contributed by atoms with Gasteiger partial charge in [-0.05, 0) is 31.0 Å². The van der Waals surface area contributed by atoms with Crippen molar-refractivity contribution in [1.29, 1.82) is 0 Å². The Morgan fingerprint density at radius 3 is 1.96 bits per heavy atom. The van der Waals surface area contributed by atoms with E-state index in [1.165, 1.54) is 12.1 Å². The van der Waals surface area contributed by atoms with Crippen LogP contribution in [0.3, 0.4) is 0 Å². The van der Waals surface area contributed by atoms with Crippen LogP contribution < -0.4 is 15.5 Å². The number of halogens is 9. The van der Waals surface area contributed by atoms with Crippen molar-refractivity contribution in [3.8, 4) is 0 Å². The van der Waals surface area contributed by atoms with Crippen molar-refractivity contribution in [2.75, 3.05) is 37.7 Å². The lowest BCUT2D eigenvalue weighted by Gasteiger charge is -2.43. The highest BCUT2D eigenvalue weighted by Crippen LogP contribution is 2.36. The lowest BCUT2D eigenvalue weighted by atomic mass is 9.85. The summed E-state index contributed by atoms with van der Waals surface area (Å²) in [6.07, 6.45) is -6.40. The number of nitrogens with zero attached hydrogens (tertiary/aromatic N) is 3. The van der Waals surface area contributed by atoms with Gasteiger partial charge in [0.1, 0.15) is 11.4 Å². The van der Waals surface area contributed by atoms with Crippen LogP contribution in [0.25, 0.3) is 0 Å². The van der Waals surface area contributed by atoms with E-state index >= 15 is 0 Å². The molecule has 2 aliphatic rings. The third kappa shape index (κ3) is 10.2. The fourth-order valence-corrected chi connectivity index (χ4v) is 4.19. The molecule has 2 fully saturated rings. The third-order valence-electron chi connectivity index (χ3n) is 6.40. The molecule has 2 aromatic rings. The fourth-order valence-electron chi connectivity index (χ4n) is 4.19. The molecule has 0 saturated carbocycles. The maximum atomic E-state index is 13.6. The summed E-state index contributed by atoms with van der Waals surface area (Å²) in [6, 6.07) is 4.38. The molecule has 0 aliphatic carbocycles. The molecule has 0 bridgehead atoms. The molecule has 2 aliphatic heterocycles. The molecule has 248 valence electrons. The Labute approximate surface area is 247 Å². The Hall–Kier alpha value is -4.62. The number of piperidine rings is 1. The average molecular weight is 661 g/mol. The molecule has 11 nitrogen and oxygen atoms in total. The van der Waals surface area contributed by atoms with Gasteiger partial charge in [-0.15, -0.1) is 0 Å². The fraction of sp³-hybridized carbons (Fsp3) is 0.400. The number of likely N-dealkylation sites (tertiary alicyclic amines) is 1. The summed E-state index contributed by atoms with van der Waals surface area (Å²) >= 11 is 0. The molecule has 0 unspecified atom stereocenters. The van der Waals surface area contributed by atoms with Gasteiger partial charge in [0.2, 0.25) is 5.91 Å². The average Bonchev–Trinajstić information content (AvgIpc) is 3.25. The zero-order chi connectivity index (χ0) is 34.2. The van der Waals surface area contributed by atoms with Crippen LogP contribution >= 0.6 is 0 Å². The molecule has 4 N–H and O–H groups in total. The van der Waals surface area contributed by atoms with E-state index < -0.39 is 53.2 Å². The van der Waals surface area contributed by atoms with E-state index in [0.717, 1.165) is 18.3 Å². The van der Waals surface area contributed by atoms with Gasteiger partial charge < -0.3 is 30.6 Å². The number of anilines is 1. The van der Waals surface area contributed by atoms with E-state index in [2.05, 4.69) is 20.5 Å². The van der Waals surface area contributed by atoms with Crippen LogP contribution in [0.1, 0.15) is 23.2 Å². The van der Waals surface area contributed by atoms with E-state index in [9.17, 15) is 49.1 Å². The zero-order valence-electron chi connectivity index (χ0n) is 22.7. The van der Waals surface area contributed by atoms with Gasteiger partial charge in [-0.2, -0.15) is 26.3 Å². The Morgan fingerprint density at radius 2 is 1.47 bits per heavy atom. The van der Waals surface area contributed by atoms with Crippen LogP contribution in [-0.2, 0) is 14.4 Å². The molecule has 2 amide bonds. The lowest BCUT2D eigenvalue weighted by Crippen LogP contribution is -2.57. The van der Waals surface area contributed by atoms with Gasteiger partial charge >= 0.3 is 24.3 Å². The number of rotatable bonds is 5. The van der Waals surface area contributed by atoms with Crippen molar-refractivity contribution in [3.05, 3.63) is 59.7 Å². The van der Waals surface area contributed by atoms with Gasteiger partial charge in [-0.3, -0.25) is 14.6 Å². The molecular formula is C25H24F9N5O6. The summed E-state index contributed by atoms with van der Waals surface area (Å²) < 4.78 is 103. The molecule has 3 heterocycles. The number of nitrogens with one attached hydrogen (secondary N) is 2. The molecular weight excluding hydrogens is 637 g/mol. The van der Waals surface area contributed by atoms with Gasteiger partial charge in [-0.1, -0.05) is 0 Å². The summed E-state index contributed by atoms with van der Waals surface area (Å²) in [5.74, 6) is -8.60. The second-order valence-corrected chi connectivity index (χ2v) is 9.32. The first kappa shape index (κ1) is 36.6. The summed E-state index contributed by atoms with van der Waals surface area (Å²) in [5, 5.41) is 19.8. The molecule has 45 heavy (non-hydrogen) atoms. The second-order valence-electron chi connectivity index (χ2n) is 9.32. The Bertz CT molecular complexity index is 1360. The largest absolute Gasteiger partial charge is 0.490 e. The van der Waals surface area contributed by atoms with Crippen LogP contribution in [0.4, 0.5) is 45.2 Å². The number of hydrogen-bond donors (Lipinski definition) is 4. The van der Waals surface area contributed by atoms with E-state index in [4.69, 9.17) is 19.8 Å². The quantitative estimate of drug-likeness (QED) is 0.355. The van der Waals surface area contributed by atoms with Gasteiger partial charge in [0.15, 0.2) is 11.6 Å². The highest BCUT2D eigenvalue weighted by molar-refractivity contribution is 5.94. The lowest BCUT2D eigenvalue weighted by molar-refractivity contribution is -0.193. The summed E-state index contributed by atoms with van der Waals surface area (Å²) in [4.78, 5) is 50.4. The summed E-state index contributed by atoms with van der Waals surface area (Å²) in [7, 11) is 0. The summed E-state index contributed by atoms with van der Waals surface area (Å²) in [5.41, 5.74) is -0.134. The van der Waals surface area contributed by atoms with Gasteiger partial charge in [0, 0.05) is 37.8 Å². The maximum Gasteiger partial charge on any atom is 0.490 e. The molecule has 20 heteroatoms. The normalized spacial score (nSPS) is 16.1. The first-order valence-electron chi connectivity index (χ1n) is 12.5. The Morgan fingerprint density at radius 1 is 0.911 bits per heavy atom. The molecule has 1 spiro atoms. The van der Waals surface area contributed by atoms with E-state index in [0.29, 0.717) is 51.4 Å². The maximum absolute atomic E-state index is 13.6. The van der Waals surface area contributed by atoms with Crippen molar-refractivity contribution < 1.29 is 68.9 Å². The van der Waals surface area contributed by atoms with Crippen molar-refractivity contribution in [2.45, 2.75) is 30.7 Å². The number of amides is 2. The van der Waals surface area contributed by atoms with Crippen LogP contribution in [0.5, 0.6) is 0 Å². The monoisotopic (exact) mass is 661 g/mol. The van der Waals surface area contributed by atoms with Crippen LogP contribution in [0.15, 0.2) is 36.7 Å². The molecule has 2 saturated heterocycles. The standard InChI is InChI=1S/C21H22F3N5O2.2C2HF3O2/c22-15-10-16(12-25-11-15)29-13-27-20(31)21(29)3-6-28(7-4-21)8-5-26-19(30)14-1-2-17(23)18(24)9-14;2*3-2(4,5)1(6)7/h1-2,9-12H,3-8,13H2,(H,26,30)(H,27,31);2*(H,6,7). The Kier molecular flexibility index (Phi) is 12.1. The first-order chi connectivity index (χ1) is 20.8. The number of alkyl halides is 6. The summed E-state index contributed by atoms with van der Waals surface area (Å²) in [6.45, 7) is 2.42. The molecule has 0 radical (unpaired) electrons. The third-order valence-corrected chi connectivity index (χ3v) is 6.40. The number of carboxylic acid groups (broad SMARTS) is 2. The number of carboxylic acids is 2. The van der Waals surface area contributed by atoms with Crippen molar-refractivity contribution in [3.63, 3.8) is 0 Å². The SMILES string of the molecule is O=C(NCCN1CCC2(CC1)C(=O)NCN2c1cncc(F)c1)c1ccc(F)c(F)c1.O=C(O)C(F)(F)F.O=C(O)C(F)(F)F. The number of aliphatic carboxylic acids is 2. The molecule has 1 aromatic carbocycles. The molecule has 4 rings (SSSR count). The predicted molar refractivity (Wildman–Crippen MR) is 134 cm³/mol. The number of aromatic nitrogens is 1. The van der Waals surface area contributed by atoms with Gasteiger partial charge in [-0.25, -0.2) is 22.8 Å². The highest BCUT2D eigenvalue weighted by atomic mass is 19.4.